The monoisotopic (exact) mass is 427 g/mol. The van der Waals surface area contributed by atoms with Crippen molar-refractivity contribution in [2.75, 3.05) is 39.8 Å². The number of nitrogens with zero attached hydrogens (tertiary/aromatic N) is 3. The molecule has 6 heteroatoms. The molecule has 2 aliphatic rings. The second-order valence-corrected chi connectivity index (χ2v) is 8.47. The van der Waals surface area contributed by atoms with Gasteiger partial charge in [-0.2, -0.15) is 0 Å². The number of piperazine rings is 1. The van der Waals surface area contributed by atoms with E-state index in [1.54, 1.807) is 18.0 Å². The summed E-state index contributed by atoms with van der Waals surface area (Å²) in [4.78, 5) is 44.3. The molecule has 162 valence electrons. The van der Waals surface area contributed by atoms with Gasteiger partial charge in [-0.05, 0) is 28.5 Å². The van der Waals surface area contributed by atoms with Crippen LogP contribution in [0.15, 0.2) is 66.7 Å². The van der Waals surface area contributed by atoms with E-state index in [-0.39, 0.29) is 23.6 Å². The van der Waals surface area contributed by atoms with Gasteiger partial charge in [0.25, 0.3) is 11.8 Å². The molecule has 3 aromatic carbocycles. The van der Waals surface area contributed by atoms with E-state index >= 15 is 0 Å². The van der Waals surface area contributed by atoms with Crippen LogP contribution < -0.4 is 0 Å². The lowest BCUT2D eigenvalue weighted by atomic mass is 9.88. The van der Waals surface area contributed by atoms with Gasteiger partial charge in [-0.15, -0.1) is 0 Å². The summed E-state index contributed by atoms with van der Waals surface area (Å²) in [7, 11) is 1.74. The van der Waals surface area contributed by atoms with Crippen molar-refractivity contribution in [3.8, 4) is 0 Å². The molecule has 0 aromatic heterocycles. The molecule has 0 aliphatic carbocycles. The third-order valence-corrected chi connectivity index (χ3v) is 6.57. The predicted octanol–water partition coefficient (Wildman–Crippen LogP) is 2.99. The van der Waals surface area contributed by atoms with Crippen LogP contribution in [0.25, 0.3) is 10.8 Å². The summed E-state index contributed by atoms with van der Waals surface area (Å²) in [6.07, 6.45) is 0. The molecular formula is C26H25N3O3. The smallest absolute Gasteiger partial charge is 0.254 e. The fourth-order valence-corrected chi connectivity index (χ4v) is 4.80. The van der Waals surface area contributed by atoms with Crippen LogP contribution in [0.2, 0.25) is 0 Å². The molecule has 0 N–H and O–H groups in total. The second kappa shape index (κ2) is 8.11. The van der Waals surface area contributed by atoms with Crippen molar-refractivity contribution in [3.63, 3.8) is 0 Å². The van der Waals surface area contributed by atoms with Gasteiger partial charge >= 0.3 is 0 Å². The van der Waals surface area contributed by atoms with Gasteiger partial charge < -0.3 is 14.7 Å². The average Bonchev–Trinajstić information content (AvgIpc) is 2.85. The summed E-state index contributed by atoms with van der Waals surface area (Å²) >= 11 is 0. The standard InChI is InChI=1S/C26H25N3O3/c1-27-17-23(20-10-4-5-11-22(20)24(27)30)26(32)29-15-13-28(14-16-29)25(31)21-12-6-8-18-7-2-3-9-19(18)21/h2-12,23H,13-17H2,1H3. The van der Waals surface area contributed by atoms with Crippen molar-refractivity contribution in [3.05, 3.63) is 83.4 Å². The maximum Gasteiger partial charge on any atom is 0.254 e. The summed E-state index contributed by atoms with van der Waals surface area (Å²) in [5, 5.41) is 1.99. The Hall–Kier alpha value is -3.67. The Kier molecular flexibility index (Phi) is 5.13. The first kappa shape index (κ1) is 20.2. The average molecular weight is 428 g/mol. The SMILES string of the molecule is CN1CC(C(=O)N2CCN(C(=O)c3cccc4ccccc34)CC2)c2ccccc2C1=O. The number of fused-ring (bicyclic) bond motifs is 2. The van der Waals surface area contributed by atoms with Gasteiger partial charge in [0, 0.05) is 50.9 Å². The van der Waals surface area contributed by atoms with Crippen molar-refractivity contribution in [2.24, 2.45) is 0 Å². The summed E-state index contributed by atoms with van der Waals surface area (Å²) in [5.74, 6) is -0.388. The molecule has 6 nitrogen and oxygen atoms in total. The zero-order valence-corrected chi connectivity index (χ0v) is 18.0. The highest BCUT2D eigenvalue weighted by Gasteiger charge is 2.36. The third kappa shape index (κ3) is 3.42. The highest BCUT2D eigenvalue weighted by Crippen LogP contribution is 2.29. The second-order valence-electron chi connectivity index (χ2n) is 8.47. The van der Waals surface area contributed by atoms with E-state index in [0.29, 0.717) is 43.9 Å². The molecule has 5 rings (SSSR count). The molecule has 0 spiro atoms. The van der Waals surface area contributed by atoms with E-state index in [9.17, 15) is 14.4 Å². The Labute approximate surface area is 187 Å². The quantitative estimate of drug-likeness (QED) is 0.632. The molecule has 1 fully saturated rings. The molecule has 2 heterocycles. The van der Waals surface area contributed by atoms with Gasteiger partial charge in [-0.3, -0.25) is 14.4 Å². The molecule has 2 aliphatic heterocycles. The van der Waals surface area contributed by atoms with Crippen molar-refractivity contribution in [1.82, 2.24) is 14.7 Å². The summed E-state index contributed by atoms with van der Waals surface area (Å²) < 4.78 is 0. The van der Waals surface area contributed by atoms with E-state index < -0.39 is 0 Å². The Balaban J connectivity index is 1.31. The first-order valence-corrected chi connectivity index (χ1v) is 10.9. The third-order valence-electron chi connectivity index (χ3n) is 6.57. The summed E-state index contributed by atoms with van der Waals surface area (Å²) in [6, 6.07) is 21.0. The summed E-state index contributed by atoms with van der Waals surface area (Å²) in [5.41, 5.74) is 2.10. The number of hydrogen-bond acceptors (Lipinski definition) is 3. The normalized spacial score (nSPS) is 18.6. The Bertz CT molecular complexity index is 1210. The van der Waals surface area contributed by atoms with Gasteiger partial charge in [0.2, 0.25) is 5.91 Å². The number of benzene rings is 3. The molecule has 0 bridgehead atoms. The number of carbonyl (C=O) groups is 3. The lowest BCUT2D eigenvalue weighted by Crippen LogP contribution is -2.53. The first-order valence-electron chi connectivity index (χ1n) is 10.9. The van der Waals surface area contributed by atoms with Gasteiger partial charge in [0.1, 0.15) is 0 Å². The molecule has 3 aromatic rings. The van der Waals surface area contributed by atoms with Crippen molar-refractivity contribution < 1.29 is 14.4 Å². The highest BCUT2D eigenvalue weighted by molar-refractivity contribution is 6.07. The number of rotatable bonds is 2. The molecule has 1 unspecified atom stereocenters. The predicted molar refractivity (Wildman–Crippen MR) is 123 cm³/mol. The Morgan fingerprint density at radius 3 is 2.28 bits per heavy atom. The molecule has 3 amide bonds. The van der Waals surface area contributed by atoms with E-state index in [4.69, 9.17) is 0 Å². The zero-order chi connectivity index (χ0) is 22.2. The minimum Gasteiger partial charge on any atom is -0.341 e. The minimum atomic E-state index is -0.366. The van der Waals surface area contributed by atoms with Gasteiger partial charge in [-0.1, -0.05) is 54.6 Å². The van der Waals surface area contributed by atoms with Crippen LogP contribution >= 0.6 is 0 Å². The van der Waals surface area contributed by atoms with Crippen LogP contribution in [-0.2, 0) is 4.79 Å². The number of carbonyl (C=O) groups excluding carboxylic acids is 3. The van der Waals surface area contributed by atoms with Crippen LogP contribution in [0.1, 0.15) is 32.2 Å². The van der Waals surface area contributed by atoms with E-state index in [1.165, 1.54) is 0 Å². The van der Waals surface area contributed by atoms with Gasteiger partial charge in [-0.25, -0.2) is 0 Å². The molecule has 1 saturated heterocycles. The molecule has 0 radical (unpaired) electrons. The largest absolute Gasteiger partial charge is 0.341 e. The maximum absolute atomic E-state index is 13.4. The molecule has 1 atom stereocenters. The van der Waals surface area contributed by atoms with Crippen LogP contribution in [-0.4, -0.2) is 72.2 Å². The molecular weight excluding hydrogens is 402 g/mol. The van der Waals surface area contributed by atoms with Crippen LogP contribution in [0.3, 0.4) is 0 Å². The van der Waals surface area contributed by atoms with Crippen LogP contribution in [0.4, 0.5) is 0 Å². The number of hydrogen-bond donors (Lipinski definition) is 0. The van der Waals surface area contributed by atoms with Crippen molar-refractivity contribution in [2.45, 2.75) is 5.92 Å². The van der Waals surface area contributed by atoms with Crippen LogP contribution in [0.5, 0.6) is 0 Å². The highest BCUT2D eigenvalue weighted by atomic mass is 16.2. The fourth-order valence-electron chi connectivity index (χ4n) is 4.80. The van der Waals surface area contributed by atoms with Crippen LogP contribution in [0, 0.1) is 0 Å². The first-order chi connectivity index (χ1) is 15.5. The van der Waals surface area contributed by atoms with Crippen molar-refractivity contribution in [1.29, 1.82) is 0 Å². The van der Waals surface area contributed by atoms with Gasteiger partial charge in [0.15, 0.2) is 0 Å². The topological polar surface area (TPSA) is 60.9 Å². The van der Waals surface area contributed by atoms with E-state index in [2.05, 4.69) is 0 Å². The Morgan fingerprint density at radius 2 is 1.47 bits per heavy atom. The summed E-state index contributed by atoms with van der Waals surface area (Å²) in [6.45, 7) is 2.36. The minimum absolute atomic E-state index is 0.00208. The van der Waals surface area contributed by atoms with E-state index in [1.807, 2.05) is 70.5 Å². The van der Waals surface area contributed by atoms with Gasteiger partial charge in [0.05, 0.1) is 5.92 Å². The lowest BCUT2D eigenvalue weighted by Gasteiger charge is -2.39. The molecule has 32 heavy (non-hydrogen) atoms. The lowest BCUT2D eigenvalue weighted by molar-refractivity contribution is -0.134. The Morgan fingerprint density at radius 1 is 0.812 bits per heavy atom. The van der Waals surface area contributed by atoms with Crippen molar-refractivity contribution >= 4 is 28.5 Å². The number of likely N-dealkylation sites (N-methyl/N-ethyl adjacent to an activating group) is 1. The number of amides is 3. The zero-order valence-electron chi connectivity index (χ0n) is 18.0. The van der Waals surface area contributed by atoms with E-state index in [0.717, 1.165) is 16.3 Å². The fraction of sp³-hybridized carbons (Fsp3) is 0.269. The molecule has 0 saturated carbocycles. The maximum atomic E-state index is 13.4.